The van der Waals surface area contributed by atoms with Crippen molar-refractivity contribution in [2.45, 2.75) is 38.0 Å². The summed E-state index contributed by atoms with van der Waals surface area (Å²) in [6.45, 7) is 3.26. The number of hydrogen-bond acceptors (Lipinski definition) is 3. The van der Waals surface area contributed by atoms with E-state index in [9.17, 15) is 14.7 Å². The Morgan fingerprint density at radius 3 is 2.72 bits per heavy atom. The number of nitrogens with one attached hydrogen (secondary N) is 1. The van der Waals surface area contributed by atoms with Gasteiger partial charge in [0.1, 0.15) is 5.56 Å². The van der Waals surface area contributed by atoms with Gasteiger partial charge in [-0.15, -0.1) is 0 Å². The molecule has 5 rings (SSSR count). The number of carbonyl (C=O) groups is 1. The Morgan fingerprint density at radius 1 is 1.28 bits per heavy atom. The summed E-state index contributed by atoms with van der Waals surface area (Å²) in [6, 6.07) is 5.52. The normalized spacial score (nSPS) is 19.2. The van der Waals surface area contributed by atoms with Crippen LogP contribution in [-0.4, -0.2) is 33.6 Å². The fraction of sp³-hybridized carbons (Fsp3) is 0.364. The molecule has 1 aliphatic heterocycles. The van der Waals surface area contributed by atoms with Crippen molar-refractivity contribution in [2.75, 3.05) is 18.0 Å². The number of aromatic amines is 1. The van der Waals surface area contributed by atoms with Gasteiger partial charge in [0.15, 0.2) is 5.82 Å². The Morgan fingerprint density at radius 2 is 2.07 bits per heavy atom. The fourth-order valence-electron chi connectivity index (χ4n) is 4.70. The number of hydrogen-bond donors (Lipinski definition) is 2. The van der Waals surface area contributed by atoms with Crippen LogP contribution < -0.4 is 10.5 Å². The highest BCUT2D eigenvalue weighted by molar-refractivity contribution is 5.89. The molecule has 4 heterocycles. The number of aromatic carboxylic acids is 1. The number of nitrogens with zero attached hydrogens (tertiary/aromatic N) is 2. The van der Waals surface area contributed by atoms with E-state index < -0.39 is 17.3 Å². The van der Waals surface area contributed by atoms with Gasteiger partial charge in [0.2, 0.25) is 0 Å². The maximum Gasteiger partial charge on any atom is 0.341 e. The first kappa shape index (κ1) is 18.0. The molecule has 3 aromatic heterocycles. The Labute approximate surface area is 166 Å². The summed E-state index contributed by atoms with van der Waals surface area (Å²) in [5.41, 5.74) is 2.87. The smallest absolute Gasteiger partial charge is 0.341 e. The van der Waals surface area contributed by atoms with E-state index in [2.05, 4.69) is 11.1 Å². The lowest BCUT2D eigenvalue weighted by atomic mass is 10.0. The average Bonchev–Trinajstić information content (AvgIpc) is 3.16. The van der Waals surface area contributed by atoms with Crippen molar-refractivity contribution in [3.63, 3.8) is 0 Å². The Bertz CT molecular complexity index is 1180. The lowest BCUT2D eigenvalue weighted by Gasteiger charge is -2.24. The number of halogens is 1. The van der Waals surface area contributed by atoms with Crippen LogP contribution in [0.4, 0.5) is 10.1 Å². The van der Waals surface area contributed by atoms with Gasteiger partial charge in [-0.25, -0.2) is 9.18 Å². The third-order valence-corrected chi connectivity index (χ3v) is 6.26. The van der Waals surface area contributed by atoms with Crippen molar-refractivity contribution in [3.8, 4) is 0 Å². The van der Waals surface area contributed by atoms with Crippen LogP contribution in [0.1, 0.15) is 58.3 Å². The third-order valence-electron chi connectivity index (χ3n) is 6.26. The number of aromatic nitrogens is 2. The van der Waals surface area contributed by atoms with E-state index in [1.165, 1.54) is 16.7 Å². The Kier molecular flexibility index (Phi) is 4.01. The van der Waals surface area contributed by atoms with E-state index in [1.54, 1.807) is 0 Å². The molecule has 1 saturated heterocycles. The summed E-state index contributed by atoms with van der Waals surface area (Å²) in [5.74, 6) is -1.24. The maximum atomic E-state index is 15.2. The van der Waals surface area contributed by atoms with E-state index in [4.69, 9.17) is 0 Å². The monoisotopic (exact) mass is 395 g/mol. The van der Waals surface area contributed by atoms with Gasteiger partial charge in [-0.1, -0.05) is 0 Å². The lowest BCUT2D eigenvalue weighted by molar-refractivity contribution is 0.0694. The number of carboxylic acid groups (broad SMARTS) is 1. The predicted octanol–water partition coefficient (Wildman–Crippen LogP) is 3.64. The van der Waals surface area contributed by atoms with Gasteiger partial charge >= 0.3 is 5.97 Å². The first-order valence-electron chi connectivity index (χ1n) is 9.95. The SMILES string of the molecule is Cc1c(N2CC[C@@H](c3ccc[nH]3)C2)c(F)cn2c(=O)c(C(=O)O)cc(C3CC3)c12. The number of carboxylic acids is 1. The van der Waals surface area contributed by atoms with Crippen LogP contribution >= 0.6 is 0 Å². The van der Waals surface area contributed by atoms with E-state index in [0.717, 1.165) is 37.1 Å². The first-order valence-corrected chi connectivity index (χ1v) is 9.95. The van der Waals surface area contributed by atoms with Gasteiger partial charge in [-0.3, -0.25) is 9.20 Å². The molecule has 1 saturated carbocycles. The van der Waals surface area contributed by atoms with Gasteiger partial charge in [-0.05, 0) is 61.4 Å². The minimum atomic E-state index is -1.28. The molecule has 1 aliphatic carbocycles. The van der Waals surface area contributed by atoms with Crippen molar-refractivity contribution < 1.29 is 14.3 Å². The number of anilines is 1. The minimum Gasteiger partial charge on any atom is -0.477 e. The number of rotatable bonds is 4. The zero-order chi connectivity index (χ0) is 20.3. The van der Waals surface area contributed by atoms with Gasteiger partial charge in [-0.2, -0.15) is 0 Å². The van der Waals surface area contributed by atoms with Gasteiger partial charge in [0, 0.05) is 30.9 Å². The highest BCUT2D eigenvalue weighted by atomic mass is 19.1. The van der Waals surface area contributed by atoms with Crippen molar-refractivity contribution in [1.82, 2.24) is 9.38 Å². The van der Waals surface area contributed by atoms with Crippen LogP contribution in [0.3, 0.4) is 0 Å². The molecule has 2 aliphatic rings. The average molecular weight is 395 g/mol. The van der Waals surface area contributed by atoms with Gasteiger partial charge in [0.05, 0.1) is 17.4 Å². The second-order valence-electron chi connectivity index (χ2n) is 8.12. The maximum absolute atomic E-state index is 15.2. The molecule has 0 radical (unpaired) electrons. The van der Waals surface area contributed by atoms with Crippen LogP contribution in [0.5, 0.6) is 0 Å². The molecule has 7 heteroatoms. The van der Waals surface area contributed by atoms with E-state index in [1.807, 2.05) is 24.1 Å². The Balaban J connectivity index is 1.66. The van der Waals surface area contributed by atoms with E-state index in [-0.39, 0.29) is 11.5 Å². The molecule has 0 bridgehead atoms. The molecule has 0 amide bonds. The standard InChI is InChI=1S/C22H22FN3O3/c1-12-19-15(13-4-5-13)9-16(22(28)29)21(27)26(19)11-17(23)20(12)25-8-6-14(10-25)18-3-2-7-24-18/h2-3,7,9,11,13-14,24H,4-6,8,10H2,1H3,(H,28,29)/t14-/m1/s1. The zero-order valence-corrected chi connectivity index (χ0v) is 16.1. The molecular weight excluding hydrogens is 373 g/mol. The second-order valence-corrected chi connectivity index (χ2v) is 8.12. The van der Waals surface area contributed by atoms with Crippen molar-refractivity contribution in [3.05, 3.63) is 69.1 Å². The molecule has 150 valence electrons. The van der Waals surface area contributed by atoms with Crippen LogP contribution in [0.2, 0.25) is 0 Å². The fourth-order valence-corrected chi connectivity index (χ4v) is 4.70. The highest BCUT2D eigenvalue weighted by Gasteiger charge is 2.32. The number of aryl methyl sites for hydroxylation is 1. The summed E-state index contributed by atoms with van der Waals surface area (Å²) in [5, 5.41) is 9.42. The summed E-state index contributed by atoms with van der Waals surface area (Å²) in [4.78, 5) is 29.5. The summed E-state index contributed by atoms with van der Waals surface area (Å²) >= 11 is 0. The summed E-state index contributed by atoms with van der Waals surface area (Å²) in [6.07, 6.45) is 5.90. The Hall–Kier alpha value is -3.09. The minimum absolute atomic E-state index is 0.228. The van der Waals surface area contributed by atoms with E-state index >= 15 is 4.39 Å². The summed E-state index contributed by atoms with van der Waals surface area (Å²) in [7, 11) is 0. The number of H-pyrrole nitrogens is 1. The number of fused-ring (bicyclic) bond motifs is 1. The van der Waals surface area contributed by atoms with E-state index in [0.29, 0.717) is 29.2 Å². The molecule has 0 unspecified atom stereocenters. The molecule has 0 spiro atoms. The largest absolute Gasteiger partial charge is 0.477 e. The third kappa shape index (κ3) is 2.84. The first-order chi connectivity index (χ1) is 14.0. The zero-order valence-electron chi connectivity index (χ0n) is 16.1. The van der Waals surface area contributed by atoms with Crippen molar-refractivity contribution in [1.29, 1.82) is 0 Å². The predicted molar refractivity (Wildman–Crippen MR) is 108 cm³/mol. The van der Waals surface area contributed by atoms with Crippen LogP contribution in [0.15, 0.2) is 35.4 Å². The van der Waals surface area contributed by atoms with Crippen molar-refractivity contribution in [2.24, 2.45) is 0 Å². The highest BCUT2D eigenvalue weighted by Crippen LogP contribution is 2.44. The molecule has 0 aromatic carbocycles. The van der Waals surface area contributed by atoms with Crippen LogP contribution in [-0.2, 0) is 0 Å². The molecule has 2 fully saturated rings. The van der Waals surface area contributed by atoms with Crippen molar-refractivity contribution >= 4 is 17.2 Å². The van der Waals surface area contributed by atoms with Crippen LogP contribution in [0, 0.1) is 12.7 Å². The van der Waals surface area contributed by atoms with Crippen LogP contribution in [0.25, 0.3) is 5.52 Å². The lowest BCUT2D eigenvalue weighted by Crippen LogP contribution is -2.27. The molecular formula is C22H22FN3O3. The molecule has 3 aromatic rings. The summed E-state index contributed by atoms with van der Waals surface area (Å²) < 4.78 is 16.4. The topological polar surface area (TPSA) is 77.8 Å². The van der Waals surface area contributed by atoms with Gasteiger partial charge < -0.3 is 15.0 Å². The molecule has 6 nitrogen and oxygen atoms in total. The number of pyridine rings is 2. The molecule has 29 heavy (non-hydrogen) atoms. The second kappa shape index (κ2) is 6.47. The van der Waals surface area contributed by atoms with Gasteiger partial charge in [0.25, 0.3) is 5.56 Å². The molecule has 1 atom stereocenters. The quantitative estimate of drug-likeness (QED) is 0.707. The molecule has 2 N–H and O–H groups in total.